The van der Waals surface area contributed by atoms with Crippen molar-refractivity contribution in [2.24, 2.45) is 0 Å². The van der Waals surface area contributed by atoms with Crippen molar-refractivity contribution >= 4 is 15.6 Å². The molecule has 4 nitrogen and oxygen atoms in total. The van der Waals surface area contributed by atoms with Crippen molar-refractivity contribution in [1.82, 2.24) is 0 Å². The number of rotatable bonds is 6. The molecule has 7 heteroatoms. The Balaban J connectivity index is 2.33. The Hall–Kier alpha value is -2.12. The third-order valence-corrected chi connectivity index (χ3v) is 5.19. The Kier molecular flexibility index (Phi) is 5.23. The molecular weight excluding hydrogens is 326 g/mol. The molecule has 0 aliphatic rings. The molecule has 0 heterocycles. The van der Waals surface area contributed by atoms with E-state index >= 15 is 0 Å². The molecule has 0 fully saturated rings. The van der Waals surface area contributed by atoms with E-state index < -0.39 is 44.7 Å². The summed E-state index contributed by atoms with van der Waals surface area (Å²) >= 11 is 0. The fraction of sp³-hybridized carbons (Fsp3) is 0.188. The summed E-state index contributed by atoms with van der Waals surface area (Å²) in [6, 6.07) is 10.4. The normalized spacial score (nSPS) is 12.8. The van der Waals surface area contributed by atoms with Crippen LogP contribution in [0.4, 0.5) is 8.78 Å². The van der Waals surface area contributed by atoms with Gasteiger partial charge in [-0.15, -0.1) is 0 Å². The third-order valence-electron chi connectivity index (χ3n) is 3.24. The number of ether oxygens (including phenoxy) is 1. The van der Waals surface area contributed by atoms with Crippen LogP contribution in [-0.4, -0.2) is 26.7 Å². The number of methoxy groups -OCH3 is 1. The van der Waals surface area contributed by atoms with E-state index in [-0.39, 0.29) is 4.90 Å². The first-order valence-electron chi connectivity index (χ1n) is 6.65. The molecule has 0 N–H and O–H groups in total. The molecule has 0 aliphatic heterocycles. The quantitative estimate of drug-likeness (QED) is 0.811. The minimum Gasteiger partial charge on any atom is -0.358 e. The maximum atomic E-state index is 13.6. The summed E-state index contributed by atoms with van der Waals surface area (Å²) in [4.78, 5) is 12.1. The highest BCUT2D eigenvalue weighted by Gasteiger charge is 2.34. The summed E-state index contributed by atoms with van der Waals surface area (Å²) in [5.74, 6) is -2.77. The first-order chi connectivity index (χ1) is 10.9. The number of ketones is 1. The number of Topliss-reactive ketones (excluding diaryl/α,β-unsaturated/α-hetero) is 1. The molecule has 2 aromatic carbocycles. The van der Waals surface area contributed by atoms with Gasteiger partial charge in [0, 0.05) is 19.1 Å². The van der Waals surface area contributed by atoms with Crippen LogP contribution in [-0.2, 0) is 25.8 Å². The second kappa shape index (κ2) is 6.97. The van der Waals surface area contributed by atoms with Crippen molar-refractivity contribution in [3.05, 3.63) is 65.7 Å². The Morgan fingerprint density at radius 3 is 2.13 bits per heavy atom. The zero-order valence-electron chi connectivity index (χ0n) is 12.2. The van der Waals surface area contributed by atoms with Gasteiger partial charge in [0.2, 0.25) is 15.3 Å². The number of hydrogen-bond donors (Lipinski definition) is 0. The molecular formula is C16H14F2O4S. The Bertz CT molecular complexity index is 784. The van der Waals surface area contributed by atoms with Crippen molar-refractivity contribution in [3.63, 3.8) is 0 Å². The SMILES string of the molecule is COC(C(=O)Cc1c(F)cccc1F)S(=O)(=O)c1ccccc1. The molecule has 1 unspecified atom stereocenters. The van der Waals surface area contributed by atoms with Crippen molar-refractivity contribution in [2.45, 2.75) is 16.8 Å². The van der Waals surface area contributed by atoms with Gasteiger partial charge in [-0.05, 0) is 24.3 Å². The van der Waals surface area contributed by atoms with Crippen LogP contribution >= 0.6 is 0 Å². The van der Waals surface area contributed by atoms with Gasteiger partial charge in [0.15, 0.2) is 5.78 Å². The first kappa shape index (κ1) is 17.2. The van der Waals surface area contributed by atoms with Crippen molar-refractivity contribution in [2.75, 3.05) is 7.11 Å². The summed E-state index contributed by atoms with van der Waals surface area (Å²) in [6.45, 7) is 0. The largest absolute Gasteiger partial charge is 0.358 e. The van der Waals surface area contributed by atoms with E-state index in [2.05, 4.69) is 0 Å². The van der Waals surface area contributed by atoms with E-state index in [1.165, 1.54) is 24.3 Å². The minimum absolute atomic E-state index is 0.103. The Morgan fingerprint density at radius 2 is 1.61 bits per heavy atom. The Morgan fingerprint density at radius 1 is 1.04 bits per heavy atom. The molecule has 0 amide bonds. The molecule has 0 aromatic heterocycles. The monoisotopic (exact) mass is 340 g/mol. The second-order valence-electron chi connectivity index (χ2n) is 4.77. The molecule has 0 spiro atoms. The average Bonchev–Trinajstić information content (AvgIpc) is 2.52. The van der Waals surface area contributed by atoms with Gasteiger partial charge in [-0.1, -0.05) is 24.3 Å². The van der Waals surface area contributed by atoms with Crippen LogP contribution in [0, 0.1) is 11.6 Å². The summed E-state index contributed by atoms with van der Waals surface area (Å²) in [6.07, 6.45) is -0.719. The van der Waals surface area contributed by atoms with Crippen molar-refractivity contribution in [1.29, 1.82) is 0 Å². The van der Waals surface area contributed by atoms with Crippen LogP contribution in [0.5, 0.6) is 0 Å². The van der Waals surface area contributed by atoms with Crippen LogP contribution in [0.1, 0.15) is 5.56 Å². The molecule has 0 saturated carbocycles. The summed E-state index contributed by atoms with van der Waals surface area (Å²) in [5.41, 5.74) is -2.31. The van der Waals surface area contributed by atoms with Crippen LogP contribution in [0.15, 0.2) is 53.4 Å². The van der Waals surface area contributed by atoms with Gasteiger partial charge >= 0.3 is 0 Å². The van der Waals surface area contributed by atoms with E-state index in [1.807, 2.05) is 0 Å². The minimum atomic E-state index is -4.11. The van der Waals surface area contributed by atoms with Crippen LogP contribution in [0.25, 0.3) is 0 Å². The van der Waals surface area contributed by atoms with E-state index in [0.717, 1.165) is 25.3 Å². The van der Waals surface area contributed by atoms with Gasteiger partial charge in [0.05, 0.1) is 4.90 Å². The van der Waals surface area contributed by atoms with Gasteiger partial charge in [-0.2, -0.15) is 0 Å². The van der Waals surface area contributed by atoms with Gasteiger partial charge in [-0.3, -0.25) is 4.79 Å². The third kappa shape index (κ3) is 3.62. The summed E-state index contributed by atoms with van der Waals surface area (Å²) in [5, 5.41) is 0. The maximum Gasteiger partial charge on any atom is 0.221 e. The van der Waals surface area contributed by atoms with Gasteiger partial charge < -0.3 is 4.74 Å². The van der Waals surface area contributed by atoms with E-state index in [9.17, 15) is 22.0 Å². The van der Waals surface area contributed by atoms with Crippen LogP contribution < -0.4 is 0 Å². The zero-order chi connectivity index (χ0) is 17.0. The lowest BCUT2D eigenvalue weighted by atomic mass is 10.1. The molecule has 0 bridgehead atoms. The molecule has 1 atom stereocenters. The highest BCUT2D eigenvalue weighted by atomic mass is 32.2. The lowest BCUT2D eigenvalue weighted by Gasteiger charge is -2.15. The number of hydrogen-bond acceptors (Lipinski definition) is 4. The molecule has 2 aromatic rings. The maximum absolute atomic E-state index is 13.6. The number of halogens is 2. The van der Waals surface area contributed by atoms with Crippen molar-refractivity contribution < 1.29 is 26.7 Å². The lowest BCUT2D eigenvalue weighted by molar-refractivity contribution is -0.124. The molecule has 0 radical (unpaired) electrons. The van der Waals surface area contributed by atoms with Gasteiger partial charge in [-0.25, -0.2) is 17.2 Å². The predicted octanol–water partition coefficient (Wildman–Crippen LogP) is 2.52. The lowest BCUT2D eigenvalue weighted by Crippen LogP contribution is -2.33. The first-order valence-corrected chi connectivity index (χ1v) is 8.20. The molecule has 0 saturated heterocycles. The smallest absolute Gasteiger partial charge is 0.221 e. The standard InChI is InChI=1S/C16H14F2O4S/c1-22-16(23(20,21)11-6-3-2-4-7-11)15(19)10-12-13(17)8-5-9-14(12)18/h2-9,16H,10H2,1H3. The predicted molar refractivity (Wildman–Crippen MR) is 79.5 cm³/mol. The van der Waals surface area contributed by atoms with Crippen molar-refractivity contribution in [3.8, 4) is 0 Å². The zero-order valence-corrected chi connectivity index (χ0v) is 13.0. The van der Waals surface area contributed by atoms with E-state index in [4.69, 9.17) is 4.74 Å². The molecule has 0 aliphatic carbocycles. The highest BCUT2D eigenvalue weighted by molar-refractivity contribution is 7.92. The summed E-state index contributed by atoms with van der Waals surface area (Å²) < 4.78 is 56.9. The molecule has 23 heavy (non-hydrogen) atoms. The van der Waals surface area contributed by atoms with Gasteiger partial charge in [0.25, 0.3) is 0 Å². The van der Waals surface area contributed by atoms with E-state index in [1.54, 1.807) is 6.07 Å². The fourth-order valence-corrected chi connectivity index (χ4v) is 3.59. The Labute approximate surface area is 132 Å². The summed E-state index contributed by atoms with van der Waals surface area (Å²) in [7, 11) is -3.06. The number of carbonyl (C=O) groups is 1. The second-order valence-corrected chi connectivity index (χ2v) is 6.76. The number of sulfone groups is 1. The molecule has 122 valence electrons. The number of benzene rings is 2. The molecule has 2 rings (SSSR count). The van der Waals surface area contributed by atoms with E-state index in [0.29, 0.717) is 0 Å². The fourth-order valence-electron chi connectivity index (χ4n) is 2.12. The van der Waals surface area contributed by atoms with Crippen LogP contribution in [0.3, 0.4) is 0 Å². The van der Waals surface area contributed by atoms with Gasteiger partial charge in [0.1, 0.15) is 11.6 Å². The topological polar surface area (TPSA) is 60.4 Å². The highest BCUT2D eigenvalue weighted by Crippen LogP contribution is 2.20. The number of carbonyl (C=O) groups excluding carboxylic acids is 1. The average molecular weight is 340 g/mol. The van der Waals surface area contributed by atoms with Crippen LogP contribution in [0.2, 0.25) is 0 Å².